The highest BCUT2D eigenvalue weighted by Crippen LogP contribution is 2.06. The van der Waals surface area contributed by atoms with Gasteiger partial charge in [0, 0.05) is 40.2 Å². The number of rotatable bonds is 4. The number of aliphatic imine (C=N–C) groups is 1. The van der Waals surface area contributed by atoms with Crippen molar-refractivity contribution in [1.29, 1.82) is 0 Å². The van der Waals surface area contributed by atoms with E-state index in [0.717, 1.165) is 36.3 Å². The maximum Gasteiger partial charge on any atom is 0.219 e. The van der Waals surface area contributed by atoms with E-state index in [-0.39, 0.29) is 29.9 Å². The van der Waals surface area contributed by atoms with Crippen molar-refractivity contribution in [3.05, 3.63) is 47.5 Å². The second-order valence-electron chi connectivity index (χ2n) is 6.69. The molecule has 8 nitrogen and oxygen atoms in total. The predicted molar refractivity (Wildman–Crippen MR) is 119 cm³/mol. The van der Waals surface area contributed by atoms with Crippen LogP contribution in [0, 0.1) is 6.92 Å². The molecule has 1 saturated heterocycles. The van der Waals surface area contributed by atoms with Crippen molar-refractivity contribution < 1.29 is 4.79 Å². The molecule has 0 spiro atoms. The molecule has 1 aliphatic heterocycles. The molecule has 0 bridgehead atoms. The van der Waals surface area contributed by atoms with Gasteiger partial charge in [-0.15, -0.1) is 34.2 Å². The van der Waals surface area contributed by atoms with E-state index in [9.17, 15) is 4.79 Å². The minimum Gasteiger partial charge on any atom is -0.349 e. The van der Waals surface area contributed by atoms with Gasteiger partial charge in [0.15, 0.2) is 11.8 Å². The largest absolute Gasteiger partial charge is 0.349 e. The van der Waals surface area contributed by atoms with Gasteiger partial charge in [-0.3, -0.25) is 4.79 Å². The number of nitrogens with zero attached hydrogens (tertiary/aromatic N) is 6. The molecule has 1 N–H and O–H groups in total. The molecule has 2 aromatic rings. The fourth-order valence-corrected chi connectivity index (χ4v) is 3.01. The Bertz CT molecular complexity index is 798. The van der Waals surface area contributed by atoms with Crippen molar-refractivity contribution in [3.8, 4) is 0 Å². The summed E-state index contributed by atoms with van der Waals surface area (Å²) in [6.07, 6.45) is 0. The summed E-state index contributed by atoms with van der Waals surface area (Å²) in [5.74, 6) is 2.70. The quantitative estimate of drug-likeness (QED) is 0.394. The Kier molecular flexibility index (Phi) is 8.21. The molecular weight excluding hydrogens is 469 g/mol. The Morgan fingerprint density at radius 1 is 1.11 bits per heavy atom. The van der Waals surface area contributed by atoms with E-state index in [1.54, 1.807) is 6.92 Å². The minimum atomic E-state index is 0. The number of nitrogens with one attached hydrogen (secondary N) is 1. The third-order valence-electron chi connectivity index (χ3n) is 4.87. The van der Waals surface area contributed by atoms with Gasteiger partial charge in [-0.05, 0) is 12.5 Å². The fourth-order valence-electron chi connectivity index (χ4n) is 3.01. The average Bonchev–Trinajstić information content (AvgIpc) is 3.01. The first-order valence-corrected chi connectivity index (χ1v) is 9.22. The van der Waals surface area contributed by atoms with Gasteiger partial charge in [0.05, 0.1) is 13.1 Å². The number of guanidine groups is 1. The number of amides is 1. The lowest BCUT2D eigenvalue weighted by atomic mass is 10.2. The lowest BCUT2D eigenvalue weighted by molar-refractivity contribution is -0.130. The molecule has 1 aromatic heterocycles. The number of hydrogen-bond donors (Lipinski definition) is 1. The summed E-state index contributed by atoms with van der Waals surface area (Å²) in [6.45, 7) is 7.66. The van der Waals surface area contributed by atoms with Crippen LogP contribution in [0.15, 0.2) is 35.3 Å². The van der Waals surface area contributed by atoms with E-state index in [0.29, 0.717) is 26.2 Å². The normalized spacial score (nSPS) is 14.6. The number of piperazine rings is 1. The number of aromatic nitrogens is 3. The Morgan fingerprint density at radius 3 is 2.32 bits per heavy atom. The maximum atomic E-state index is 11.6. The lowest BCUT2D eigenvalue weighted by Crippen LogP contribution is -2.53. The number of halogens is 1. The van der Waals surface area contributed by atoms with Crippen LogP contribution in [0.2, 0.25) is 0 Å². The Labute approximate surface area is 183 Å². The summed E-state index contributed by atoms with van der Waals surface area (Å²) >= 11 is 0. The van der Waals surface area contributed by atoms with Crippen LogP contribution in [0.5, 0.6) is 0 Å². The second-order valence-corrected chi connectivity index (χ2v) is 6.69. The number of benzene rings is 1. The van der Waals surface area contributed by atoms with Crippen LogP contribution < -0.4 is 5.32 Å². The van der Waals surface area contributed by atoms with Crippen LogP contribution >= 0.6 is 24.0 Å². The Morgan fingerprint density at radius 2 is 1.75 bits per heavy atom. The summed E-state index contributed by atoms with van der Waals surface area (Å²) < 4.78 is 1.97. The lowest BCUT2D eigenvalue weighted by Gasteiger charge is -2.36. The zero-order chi connectivity index (χ0) is 19.2. The van der Waals surface area contributed by atoms with Crippen molar-refractivity contribution >= 4 is 35.8 Å². The van der Waals surface area contributed by atoms with Crippen LogP contribution in [0.3, 0.4) is 0 Å². The summed E-state index contributed by atoms with van der Waals surface area (Å²) in [5.41, 5.74) is 1.16. The van der Waals surface area contributed by atoms with Crippen LogP contribution in [0.4, 0.5) is 0 Å². The van der Waals surface area contributed by atoms with Crippen molar-refractivity contribution in [1.82, 2.24) is 29.9 Å². The van der Waals surface area contributed by atoms with Crippen LogP contribution in [-0.2, 0) is 24.9 Å². The number of aryl methyl sites for hydroxylation is 1. The molecule has 1 aromatic carbocycles. The minimum absolute atomic E-state index is 0. The van der Waals surface area contributed by atoms with E-state index in [2.05, 4.69) is 32.5 Å². The van der Waals surface area contributed by atoms with E-state index < -0.39 is 0 Å². The van der Waals surface area contributed by atoms with Gasteiger partial charge < -0.3 is 19.7 Å². The maximum absolute atomic E-state index is 11.6. The molecule has 0 saturated carbocycles. The molecule has 28 heavy (non-hydrogen) atoms. The summed E-state index contributed by atoms with van der Waals surface area (Å²) in [7, 11) is 1.96. The van der Waals surface area contributed by atoms with Gasteiger partial charge in [-0.25, -0.2) is 4.99 Å². The molecule has 0 radical (unpaired) electrons. The second kappa shape index (κ2) is 10.4. The molecule has 1 aliphatic rings. The van der Waals surface area contributed by atoms with E-state index in [1.165, 1.54) is 0 Å². The molecule has 9 heteroatoms. The molecular formula is C19H28IN7O. The fraction of sp³-hybridized carbons (Fsp3) is 0.474. The van der Waals surface area contributed by atoms with Crippen molar-refractivity contribution in [2.24, 2.45) is 12.0 Å². The first-order chi connectivity index (χ1) is 13.0. The van der Waals surface area contributed by atoms with Crippen molar-refractivity contribution in [2.75, 3.05) is 26.2 Å². The summed E-state index contributed by atoms with van der Waals surface area (Å²) in [4.78, 5) is 20.5. The molecule has 3 rings (SSSR count). The average molecular weight is 497 g/mol. The summed E-state index contributed by atoms with van der Waals surface area (Å²) in [5, 5.41) is 11.7. The first kappa shape index (κ1) is 22.1. The van der Waals surface area contributed by atoms with E-state index in [4.69, 9.17) is 4.99 Å². The third-order valence-corrected chi connectivity index (χ3v) is 4.87. The van der Waals surface area contributed by atoms with Crippen LogP contribution in [0.25, 0.3) is 0 Å². The highest BCUT2D eigenvalue weighted by atomic mass is 127. The van der Waals surface area contributed by atoms with Gasteiger partial charge in [0.25, 0.3) is 0 Å². The number of hydrogen-bond acceptors (Lipinski definition) is 4. The Hall–Kier alpha value is -2.17. The van der Waals surface area contributed by atoms with Gasteiger partial charge in [0.2, 0.25) is 5.91 Å². The third kappa shape index (κ3) is 5.66. The highest BCUT2D eigenvalue weighted by molar-refractivity contribution is 14.0. The van der Waals surface area contributed by atoms with Crippen LogP contribution in [0.1, 0.15) is 24.1 Å². The van der Waals surface area contributed by atoms with Crippen LogP contribution in [-0.4, -0.2) is 62.6 Å². The molecule has 1 fully saturated rings. The molecule has 152 valence electrons. The van der Waals surface area contributed by atoms with Gasteiger partial charge in [-0.1, -0.05) is 30.3 Å². The van der Waals surface area contributed by atoms with E-state index in [1.807, 2.05) is 41.6 Å². The molecule has 0 atom stereocenters. The number of carbonyl (C=O) groups excluding carboxylic acids is 1. The molecule has 0 unspecified atom stereocenters. The van der Waals surface area contributed by atoms with Crippen molar-refractivity contribution in [3.63, 3.8) is 0 Å². The number of carbonyl (C=O) groups is 1. The smallest absolute Gasteiger partial charge is 0.219 e. The SMILES string of the molecule is CC(=O)N1CCN(C(=NCc2ccccc2)NCc2nnc(C)n2C)CC1.I. The zero-order valence-corrected chi connectivity index (χ0v) is 19.0. The van der Waals surface area contributed by atoms with Gasteiger partial charge >= 0.3 is 0 Å². The Balaban J connectivity index is 0.00000280. The first-order valence-electron chi connectivity index (χ1n) is 9.22. The topological polar surface area (TPSA) is 78.7 Å². The predicted octanol–water partition coefficient (Wildman–Crippen LogP) is 1.55. The zero-order valence-electron chi connectivity index (χ0n) is 16.6. The molecule has 1 amide bonds. The van der Waals surface area contributed by atoms with Gasteiger partial charge in [0.1, 0.15) is 5.82 Å². The molecule has 2 heterocycles. The van der Waals surface area contributed by atoms with Crippen molar-refractivity contribution in [2.45, 2.75) is 26.9 Å². The highest BCUT2D eigenvalue weighted by Gasteiger charge is 2.21. The summed E-state index contributed by atoms with van der Waals surface area (Å²) in [6, 6.07) is 10.2. The molecule has 0 aliphatic carbocycles. The van der Waals surface area contributed by atoms with Gasteiger partial charge in [-0.2, -0.15) is 0 Å². The monoisotopic (exact) mass is 497 g/mol. The van der Waals surface area contributed by atoms with E-state index >= 15 is 0 Å². The standard InChI is InChI=1S/C19H27N7O.HI/c1-15-22-23-18(24(15)3)14-21-19(20-13-17-7-5-4-6-8-17)26-11-9-25(10-12-26)16(2)27;/h4-8H,9-14H2,1-3H3,(H,20,21);1H.